The minimum absolute atomic E-state index is 0.129. The van der Waals surface area contributed by atoms with Gasteiger partial charge in [-0.15, -0.1) is 0 Å². The van der Waals surface area contributed by atoms with Crippen molar-refractivity contribution in [3.05, 3.63) is 70.3 Å². The Kier molecular flexibility index (Phi) is 3.94. The maximum atomic E-state index is 13.7. The van der Waals surface area contributed by atoms with Crippen molar-refractivity contribution in [2.24, 2.45) is 0 Å². The summed E-state index contributed by atoms with van der Waals surface area (Å²) in [5.41, 5.74) is 0.615. The average Bonchev–Trinajstić information content (AvgIpc) is 2.31. The highest BCUT2D eigenvalue weighted by Crippen LogP contribution is 2.34. The van der Waals surface area contributed by atoms with E-state index in [0.29, 0.717) is 0 Å². The van der Waals surface area contributed by atoms with E-state index in [1.165, 1.54) is 13.0 Å². The number of rotatable bonds is 2. The van der Waals surface area contributed by atoms with Crippen molar-refractivity contribution in [2.75, 3.05) is 0 Å². The molecule has 0 aliphatic carbocycles. The second kappa shape index (κ2) is 5.33. The molecule has 0 heterocycles. The molecular weight excluding hydrogens is 324 g/mol. The van der Waals surface area contributed by atoms with E-state index >= 15 is 0 Å². The lowest BCUT2D eigenvalue weighted by molar-refractivity contribution is 0.566. The molecule has 1 atom stereocenters. The first-order valence-corrected chi connectivity index (χ1v) is 6.35. The molecule has 0 aliphatic rings. The Balaban J connectivity index is 2.49. The van der Waals surface area contributed by atoms with Crippen molar-refractivity contribution in [3.8, 4) is 0 Å². The van der Waals surface area contributed by atoms with Crippen LogP contribution in [0.2, 0.25) is 0 Å². The summed E-state index contributed by atoms with van der Waals surface area (Å²) in [6, 6.07) is 5.00. The van der Waals surface area contributed by atoms with Gasteiger partial charge in [0.1, 0.15) is 23.3 Å². The second-order valence-corrected chi connectivity index (χ2v) is 5.10. The maximum Gasteiger partial charge on any atom is 0.130 e. The Morgan fingerprint density at radius 3 is 2.00 bits per heavy atom. The topological polar surface area (TPSA) is 0 Å². The summed E-state index contributed by atoms with van der Waals surface area (Å²) in [5, 5.41) is 0. The van der Waals surface area contributed by atoms with Gasteiger partial charge in [-0.05, 0) is 36.2 Å². The molecule has 2 aromatic rings. The molecule has 0 nitrogen and oxygen atoms in total. The lowest BCUT2D eigenvalue weighted by Crippen LogP contribution is -2.00. The van der Waals surface area contributed by atoms with Crippen LogP contribution in [-0.4, -0.2) is 0 Å². The monoisotopic (exact) mass is 332 g/mol. The van der Waals surface area contributed by atoms with Gasteiger partial charge in [-0.1, -0.05) is 15.9 Å². The molecule has 2 rings (SSSR count). The number of halogens is 5. The summed E-state index contributed by atoms with van der Waals surface area (Å²) in [6.07, 6.45) is 0. The molecular formula is C14H9BrF4. The predicted octanol–water partition coefficient (Wildman–Crippen LogP) is 5.04. The largest absolute Gasteiger partial charge is 0.207 e. The van der Waals surface area contributed by atoms with Gasteiger partial charge in [0.2, 0.25) is 0 Å². The van der Waals surface area contributed by atoms with Gasteiger partial charge in [0, 0.05) is 17.7 Å². The summed E-state index contributed by atoms with van der Waals surface area (Å²) in [5.74, 6) is -2.93. The lowest BCUT2D eigenvalue weighted by atomic mass is 10.0. The van der Waals surface area contributed by atoms with Crippen LogP contribution in [0.4, 0.5) is 17.6 Å². The van der Waals surface area contributed by atoms with E-state index in [4.69, 9.17) is 0 Å². The first-order valence-electron chi connectivity index (χ1n) is 5.44. The van der Waals surface area contributed by atoms with Crippen LogP contribution in [0.15, 0.2) is 30.3 Å². The van der Waals surface area contributed by atoms with Gasteiger partial charge in [0.25, 0.3) is 0 Å². The van der Waals surface area contributed by atoms with E-state index in [1.807, 2.05) is 0 Å². The Morgan fingerprint density at radius 1 is 0.842 bits per heavy atom. The summed E-state index contributed by atoms with van der Waals surface area (Å²) in [6.45, 7) is 1.49. The molecule has 0 N–H and O–H groups in total. The van der Waals surface area contributed by atoms with E-state index in [-0.39, 0.29) is 16.7 Å². The van der Waals surface area contributed by atoms with Crippen molar-refractivity contribution in [1.29, 1.82) is 0 Å². The summed E-state index contributed by atoms with van der Waals surface area (Å²) in [4.78, 5) is -0.753. The number of alkyl halides is 1. The number of benzene rings is 2. The lowest BCUT2D eigenvalue weighted by Gasteiger charge is -2.13. The van der Waals surface area contributed by atoms with Gasteiger partial charge in [0.15, 0.2) is 0 Å². The van der Waals surface area contributed by atoms with E-state index < -0.39 is 28.1 Å². The smallest absolute Gasteiger partial charge is 0.130 e. The Bertz CT molecular complexity index is 605. The third-order valence-corrected chi connectivity index (χ3v) is 3.75. The van der Waals surface area contributed by atoms with Crippen LogP contribution in [0.5, 0.6) is 0 Å². The molecule has 0 radical (unpaired) electrons. The van der Waals surface area contributed by atoms with Crippen LogP contribution in [0, 0.1) is 30.2 Å². The molecule has 0 bridgehead atoms. The van der Waals surface area contributed by atoms with Gasteiger partial charge in [-0.3, -0.25) is 0 Å². The van der Waals surface area contributed by atoms with E-state index in [1.54, 1.807) is 0 Å². The average molecular weight is 333 g/mol. The fourth-order valence-corrected chi connectivity index (χ4v) is 2.39. The minimum Gasteiger partial charge on any atom is -0.207 e. The van der Waals surface area contributed by atoms with Gasteiger partial charge in [-0.25, -0.2) is 17.6 Å². The van der Waals surface area contributed by atoms with E-state index in [2.05, 4.69) is 15.9 Å². The molecule has 0 spiro atoms. The van der Waals surface area contributed by atoms with Crippen LogP contribution in [0.25, 0.3) is 0 Å². The third kappa shape index (κ3) is 2.97. The maximum absolute atomic E-state index is 13.7. The molecule has 5 heteroatoms. The molecule has 2 aromatic carbocycles. The molecule has 19 heavy (non-hydrogen) atoms. The Morgan fingerprint density at radius 2 is 1.42 bits per heavy atom. The van der Waals surface area contributed by atoms with Gasteiger partial charge >= 0.3 is 0 Å². The van der Waals surface area contributed by atoms with Crippen LogP contribution in [-0.2, 0) is 0 Å². The van der Waals surface area contributed by atoms with Gasteiger partial charge < -0.3 is 0 Å². The fourth-order valence-electron chi connectivity index (χ4n) is 1.77. The highest BCUT2D eigenvalue weighted by molar-refractivity contribution is 9.09. The van der Waals surface area contributed by atoms with Crippen molar-refractivity contribution in [1.82, 2.24) is 0 Å². The Hall–Kier alpha value is -1.36. The number of hydrogen-bond acceptors (Lipinski definition) is 0. The SMILES string of the molecule is Cc1cc(C(Br)c2cc(F)cc(F)c2)c(F)cc1F. The number of hydrogen-bond donors (Lipinski definition) is 0. The quantitative estimate of drug-likeness (QED) is 0.534. The normalized spacial score (nSPS) is 12.5. The van der Waals surface area contributed by atoms with Gasteiger partial charge in [0.05, 0.1) is 4.83 Å². The van der Waals surface area contributed by atoms with Crippen LogP contribution in [0.3, 0.4) is 0 Å². The van der Waals surface area contributed by atoms with E-state index in [9.17, 15) is 17.6 Å². The van der Waals surface area contributed by atoms with Crippen LogP contribution >= 0.6 is 15.9 Å². The molecule has 0 saturated carbocycles. The first kappa shape index (κ1) is 14.1. The fraction of sp³-hybridized carbons (Fsp3) is 0.143. The van der Waals surface area contributed by atoms with Crippen LogP contribution in [0.1, 0.15) is 21.5 Å². The van der Waals surface area contributed by atoms with Crippen molar-refractivity contribution in [3.63, 3.8) is 0 Å². The van der Waals surface area contributed by atoms with Crippen molar-refractivity contribution in [2.45, 2.75) is 11.8 Å². The summed E-state index contributed by atoms with van der Waals surface area (Å²) < 4.78 is 53.2. The second-order valence-electron chi connectivity index (χ2n) is 4.19. The zero-order valence-electron chi connectivity index (χ0n) is 9.85. The zero-order valence-corrected chi connectivity index (χ0v) is 11.4. The molecule has 1 unspecified atom stereocenters. The highest BCUT2D eigenvalue weighted by atomic mass is 79.9. The number of aryl methyl sites for hydroxylation is 1. The molecule has 0 aliphatic heterocycles. The summed E-state index contributed by atoms with van der Waals surface area (Å²) >= 11 is 3.18. The first-order chi connectivity index (χ1) is 8.88. The Labute approximate surface area is 116 Å². The minimum atomic E-state index is -0.769. The molecule has 0 fully saturated rings. The molecule has 0 amide bonds. The van der Waals surface area contributed by atoms with Crippen LogP contribution < -0.4 is 0 Å². The molecule has 100 valence electrons. The van der Waals surface area contributed by atoms with Crippen molar-refractivity contribution >= 4 is 15.9 Å². The van der Waals surface area contributed by atoms with Gasteiger partial charge in [-0.2, -0.15) is 0 Å². The zero-order chi connectivity index (χ0) is 14.2. The highest BCUT2D eigenvalue weighted by Gasteiger charge is 2.18. The third-order valence-electron chi connectivity index (χ3n) is 2.73. The molecule has 0 aromatic heterocycles. The summed E-state index contributed by atoms with van der Waals surface area (Å²) in [7, 11) is 0. The molecule has 0 saturated heterocycles. The van der Waals surface area contributed by atoms with E-state index in [0.717, 1.165) is 24.3 Å². The van der Waals surface area contributed by atoms with Crippen molar-refractivity contribution < 1.29 is 17.6 Å². The standard InChI is InChI=1S/C14H9BrF4/c1-7-2-11(13(19)6-12(7)18)14(15)8-3-9(16)5-10(17)4-8/h2-6,14H,1H3. The predicted molar refractivity (Wildman–Crippen MR) is 68.2 cm³/mol.